The van der Waals surface area contributed by atoms with E-state index in [2.05, 4.69) is 15.6 Å². The smallest absolute Gasteiger partial charge is 0.292 e. The molecule has 1 aromatic carbocycles. The van der Waals surface area contributed by atoms with E-state index in [0.29, 0.717) is 12.1 Å². The number of nitrogens with one attached hydrogen (secondary N) is 2. The van der Waals surface area contributed by atoms with Gasteiger partial charge in [0.25, 0.3) is 11.8 Å². The number of fused-ring (bicyclic) bond motifs is 1. The fourth-order valence-corrected chi connectivity index (χ4v) is 3.23. The lowest BCUT2D eigenvalue weighted by Gasteiger charge is -2.12. The number of aryl methyl sites for hydroxylation is 3. The third-order valence-corrected chi connectivity index (χ3v) is 4.42. The zero-order valence-electron chi connectivity index (χ0n) is 16.1. The van der Waals surface area contributed by atoms with Gasteiger partial charge < -0.3 is 10.6 Å². The molecule has 0 spiro atoms. The number of amides is 2. The number of anilines is 1. The number of hydrogen-bond donors (Lipinski definition) is 2. The van der Waals surface area contributed by atoms with E-state index in [0.717, 1.165) is 28.8 Å². The lowest BCUT2D eigenvalue weighted by molar-refractivity contribution is 0.0951. The first-order valence-corrected chi connectivity index (χ1v) is 9.06. The van der Waals surface area contributed by atoms with Gasteiger partial charge in [0.05, 0.1) is 5.52 Å². The number of rotatable bonds is 5. The fraction of sp³-hybridized carbons (Fsp3) is 0.286. The maximum atomic E-state index is 12.9. The van der Waals surface area contributed by atoms with Crippen LogP contribution in [0, 0.1) is 20.8 Å². The van der Waals surface area contributed by atoms with E-state index in [-0.39, 0.29) is 23.3 Å². The second kappa shape index (κ2) is 7.61. The van der Waals surface area contributed by atoms with Crippen LogP contribution >= 0.6 is 0 Å². The number of pyridine rings is 1. The summed E-state index contributed by atoms with van der Waals surface area (Å²) in [5.74, 6) is -0.435. The highest BCUT2D eigenvalue weighted by molar-refractivity contribution is 6.06. The molecular weight excluding hydrogens is 340 g/mol. The number of nitrogens with zero attached hydrogens (tertiary/aromatic N) is 2. The second-order valence-electron chi connectivity index (χ2n) is 6.72. The Morgan fingerprint density at radius 2 is 1.78 bits per heavy atom. The third kappa shape index (κ3) is 3.69. The molecule has 0 aliphatic rings. The molecule has 0 saturated heterocycles. The van der Waals surface area contributed by atoms with E-state index in [1.165, 1.54) is 0 Å². The van der Waals surface area contributed by atoms with Crippen LogP contribution < -0.4 is 10.6 Å². The highest BCUT2D eigenvalue weighted by atomic mass is 16.2. The van der Waals surface area contributed by atoms with Crippen molar-refractivity contribution >= 4 is 23.0 Å². The van der Waals surface area contributed by atoms with E-state index < -0.39 is 0 Å². The quantitative estimate of drug-likeness (QED) is 0.725. The molecule has 3 rings (SSSR count). The molecule has 2 amide bonds. The van der Waals surface area contributed by atoms with Gasteiger partial charge in [0, 0.05) is 18.4 Å². The normalized spacial score (nSPS) is 10.8. The van der Waals surface area contributed by atoms with Gasteiger partial charge in [0.1, 0.15) is 0 Å². The van der Waals surface area contributed by atoms with Crippen LogP contribution in [0.3, 0.4) is 0 Å². The van der Waals surface area contributed by atoms with Crippen molar-refractivity contribution in [3.63, 3.8) is 0 Å². The Morgan fingerprint density at radius 3 is 2.44 bits per heavy atom. The Kier molecular flexibility index (Phi) is 5.26. The van der Waals surface area contributed by atoms with E-state index >= 15 is 0 Å². The van der Waals surface area contributed by atoms with E-state index in [1.54, 1.807) is 16.7 Å². The van der Waals surface area contributed by atoms with Crippen molar-refractivity contribution in [3.05, 3.63) is 64.7 Å². The van der Waals surface area contributed by atoms with Crippen LogP contribution in [0.2, 0.25) is 0 Å². The Bertz CT molecular complexity index is 997. The summed E-state index contributed by atoms with van der Waals surface area (Å²) in [6.45, 7) is 8.49. The van der Waals surface area contributed by atoms with Crippen LogP contribution in [0.4, 0.5) is 5.69 Å². The highest BCUT2D eigenvalue weighted by Crippen LogP contribution is 2.23. The highest BCUT2D eigenvalue weighted by Gasteiger charge is 2.22. The molecule has 2 N–H and O–H groups in total. The number of carbonyl (C=O) groups excluding carboxylic acids is 2. The van der Waals surface area contributed by atoms with E-state index in [1.807, 2.05) is 52.0 Å². The Morgan fingerprint density at radius 1 is 1.07 bits per heavy atom. The van der Waals surface area contributed by atoms with Crippen molar-refractivity contribution in [2.24, 2.45) is 0 Å². The van der Waals surface area contributed by atoms with Gasteiger partial charge in [0.2, 0.25) is 5.82 Å². The number of carbonyl (C=O) groups is 2. The first-order valence-electron chi connectivity index (χ1n) is 9.06. The minimum Gasteiger partial charge on any atom is -0.351 e. The second-order valence-corrected chi connectivity index (χ2v) is 6.72. The maximum Gasteiger partial charge on any atom is 0.292 e. The Labute approximate surface area is 158 Å². The summed E-state index contributed by atoms with van der Waals surface area (Å²) in [6, 6.07) is 9.46. The van der Waals surface area contributed by atoms with Crippen molar-refractivity contribution in [1.29, 1.82) is 0 Å². The molecule has 2 aromatic heterocycles. The van der Waals surface area contributed by atoms with E-state index in [4.69, 9.17) is 0 Å². The van der Waals surface area contributed by atoms with Crippen LogP contribution in [-0.4, -0.2) is 27.7 Å². The van der Waals surface area contributed by atoms with Gasteiger partial charge in [-0.1, -0.05) is 30.7 Å². The minimum absolute atomic E-state index is 0.187. The average molecular weight is 364 g/mol. The van der Waals surface area contributed by atoms with Gasteiger partial charge in [-0.05, 0) is 50.5 Å². The van der Waals surface area contributed by atoms with E-state index in [9.17, 15) is 9.59 Å². The van der Waals surface area contributed by atoms with Crippen LogP contribution in [0.5, 0.6) is 0 Å². The molecule has 0 radical (unpaired) electrons. The summed E-state index contributed by atoms with van der Waals surface area (Å²) < 4.78 is 1.65. The first-order chi connectivity index (χ1) is 12.9. The molecular formula is C21H24N4O2. The molecule has 0 aliphatic carbocycles. The lowest BCUT2D eigenvalue weighted by Crippen LogP contribution is -2.24. The van der Waals surface area contributed by atoms with Crippen molar-refractivity contribution in [2.75, 3.05) is 11.9 Å². The van der Waals surface area contributed by atoms with Crippen molar-refractivity contribution in [1.82, 2.24) is 14.7 Å². The average Bonchev–Trinajstić information content (AvgIpc) is 3.02. The largest absolute Gasteiger partial charge is 0.351 e. The number of aromatic nitrogens is 2. The molecule has 2 heterocycles. The fourth-order valence-electron chi connectivity index (χ4n) is 3.23. The Hall–Kier alpha value is -3.15. The molecule has 0 aliphatic heterocycles. The molecule has 0 atom stereocenters. The SMILES string of the molecule is CCCNC(=O)c1nc(C(=O)Nc2c(C)cc(C)cc2C)n2ccccc12. The molecule has 0 bridgehead atoms. The van der Waals surface area contributed by atoms with Gasteiger partial charge in [-0.2, -0.15) is 0 Å². The first kappa shape index (κ1) is 18.6. The zero-order chi connectivity index (χ0) is 19.6. The van der Waals surface area contributed by atoms with Crippen LogP contribution in [0.15, 0.2) is 36.5 Å². The summed E-state index contributed by atoms with van der Waals surface area (Å²) >= 11 is 0. The lowest BCUT2D eigenvalue weighted by atomic mass is 10.1. The summed E-state index contributed by atoms with van der Waals surface area (Å²) in [5.41, 5.74) is 4.75. The van der Waals surface area contributed by atoms with Crippen LogP contribution in [0.25, 0.3) is 5.52 Å². The molecule has 3 aromatic rings. The standard InChI is InChI=1S/C21H24N4O2/c1-5-9-22-20(26)18-16-8-6-7-10-25(16)19(23-18)21(27)24-17-14(3)11-13(2)12-15(17)4/h6-8,10-12H,5,9H2,1-4H3,(H,22,26)(H,24,27). The minimum atomic E-state index is -0.346. The monoisotopic (exact) mass is 364 g/mol. The van der Waals surface area contributed by atoms with Gasteiger partial charge in [-0.3, -0.25) is 14.0 Å². The van der Waals surface area contributed by atoms with Gasteiger partial charge in [-0.25, -0.2) is 4.98 Å². The maximum absolute atomic E-state index is 12.9. The predicted octanol–water partition coefficient (Wildman–Crippen LogP) is 3.65. The molecule has 6 heteroatoms. The van der Waals surface area contributed by atoms with Gasteiger partial charge in [0.15, 0.2) is 5.69 Å². The molecule has 6 nitrogen and oxygen atoms in total. The summed E-state index contributed by atoms with van der Waals surface area (Å²) in [5, 5.41) is 5.78. The van der Waals surface area contributed by atoms with Crippen molar-refractivity contribution in [3.8, 4) is 0 Å². The molecule has 0 saturated carbocycles. The predicted molar refractivity (Wildman–Crippen MR) is 106 cm³/mol. The molecule has 0 unspecified atom stereocenters. The number of imidazole rings is 1. The zero-order valence-corrected chi connectivity index (χ0v) is 16.1. The molecule has 27 heavy (non-hydrogen) atoms. The summed E-state index contributed by atoms with van der Waals surface area (Å²) in [7, 11) is 0. The molecule has 140 valence electrons. The Balaban J connectivity index is 1.99. The van der Waals surface area contributed by atoms with Crippen LogP contribution in [-0.2, 0) is 0 Å². The summed E-state index contributed by atoms with van der Waals surface area (Å²) in [6.07, 6.45) is 2.57. The third-order valence-electron chi connectivity index (χ3n) is 4.42. The number of hydrogen-bond acceptors (Lipinski definition) is 3. The van der Waals surface area contributed by atoms with Gasteiger partial charge >= 0.3 is 0 Å². The summed E-state index contributed by atoms with van der Waals surface area (Å²) in [4.78, 5) is 29.7. The van der Waals surface area contributed by atoms with Gasteiger partial charge in [-0.15, -0.1) is 0 Å². The van der Waals surface area contributed by atoms with Crippen molar-refractivity contribution < 1.29 is 9.59 Å². The number of benzene rings is 1. The van der Waals surface area contributed by atoms with Crippen molar-refractivity contribution in [2.45, 2.75) is 34.1 Å². The van der Waals surface area contributed by atoms with Crippen LogP contribution in [0.1, 0.15) is 51.1 Å². The molecule has 0 fully saturated rings. The topological polar surface area (TPSA) is 75.5 Å².